The van der Waals surface area contributed by atoms with E-state index in [0.29, 0.717) is 91.4 Å². The molecule has 0 bridgehead atoms. The van der Waals surface area contributed by atoms with Crippen LogP contribution in [0.1, 0.15) is 42.7 Å². The van der Waals surface area contributed by atoms with E-state index in [9.17, 15) is 19.2 Å². The van der Waals surface area contributed by atoms with Gasteiger partial charge in [-0.3, -0.25) is 39.4 Å². The lowest BCUT2D eigenvalue weighted by Crippen LogP contribution is -2.51. The number of nitrogens with zero attached hydrogens (tertiary/aromatic N) is 5. The van der Waals surface area contributed by atoms with Crippen molar-refractivity contribution in [3.05, 3.63) is 76.1 Å². The number of amides is 3. The van der Waals surface area contributed by atoms with E-state index in [1.54, 1.807) is 25.5 Å². The number of anilines is 1. The molecule has 1 atom stereocenters. The molecule has 4 aromatic rings. The second kappa shape index (κ2) is 14.6. The number of benzene rings is 2. The highest BCUT2D eigenvalue weighted by molar-refractivity contribution is 6.01. The van der Waals surface area contributed by atoms with Crippen LogP contribution in [0.3, 0.4) is 0 Å². The summed E-state index contributed by atoms with van der Waals surface area (Å²) in [5.41, 5.74) is 3.98. The minimum atomic E-state index is -0.406. The number of halogens is 1. The maximum Gasteiger partial charge on any atom is 0.276 e. The summed E-state index contributed by atoms with van der Waals surface area (Å²) in [6.07, 6.45) is 5.99. The van der Waals surface area contributed by atoms with Crippen molar-refractivity contribution in [2.75, 3.05) is 58.2 Å². The van der Waals surface area contributed by atoms with Gasteiger partial charge in [0, 0.05) is 74.6 Å². The molecule has 0 radical (unpaired) electrons. The van der Waals surface area contributed by atoms with Crippen molar-refractivity contribution in [3.63, 3.8) is 0 Å². The zero-order valence-corrected chi connectivity index (χ0v) is 28.9. The van der Waals surface area contributed by atoms with Crippen LogP contribution >= 0.6 is 0 Å². The third kappa shape index (κ3) is 7.38. The molecule has 0 saturated carbocycles. The van der Waals surface area contributed by atoms with Crippen LogP contribution in [0.4, 0.5) is 10.1 Å². The number of piperidine rings is 2. The van der Waals surface area contributed by atoms with Gasteiger partial charge in [0.05, 0.1) is 19.9 Å². The molecule has 3 amide bonds. The van der Waals surface area contributed by atoms with Gasteiger partial charge in [0.2, 0.25) is 17.7 Å². The van der Waals surface area contributed by atoms with E-state index >= 15 is 4.39 Å². The summed E-state index contributed by atoms with van der Waals surface area (Å²) < 4.78 is 22.8. The standard InChI is InChI=1S/C37H43FN8O5/c1-43-20-28(27-19-39-42-35(27)37(43)50)25-17-30(38)29(32(18-25)51-2)21-45-13-15-46(16-14-45)34(48)22-44-11-9-24(10-12-44)23-3-5-26(6-4-23)40-31-7-8-33(47)41-36(31)49/h3-6,17-20,24,31,40H,7-16,21-22H2,1-2H3,(H,39,42)(H,41,47,49). The first-order chi connectivity index (χ1) is 24.7. The fraction of sp³-hybridized carbons (Fsp3) is 0.432. The molecule has 3 aliphatic rings. The van der Waals surface area contributed by atoms with Crippen molar-refractivity contribution in [2.24, 2.45) is 7.05 Å². The van der Waals surface area contributed by atoms with Crippen molar-refractivity contribution in [1.82, 2.24) is 34.8 Å². The van der Waals surface area contributed by atoms with Gasteiger partial charge in [0.25, 0.3) is 5.56 Å². The quantitative estimate of drug-likeness (QED) is 0.225. The van der Waals surface area contributed by atoms with E-state index in [0.717, 1.165) is 31.6 Å². The molecule has 2 aromatic carbocycles. The number of piperazine rings is 1. The van der Waals surface area contributed by atoms with Crippen LogP contribution in [0.5, 0.6) is 5.75 Å². The summed E-state index contributed by atoms with van der Waals surface area (Å²) >= 11 is 0. The van der Waals surface area contributed by atoms with Gasteiger partial charge >= 0.3 is 0 Å². The number of likely N-dealkylation sites (tertiary alicyclic amines) is 1. The summed E-state index contributed by atoms with van der Waals surface area (Å²) in [6, 6.07) is 11.0. The van der Waals surface area contributed by atoms with Gasteiger partial charge in [-0.25, -0.2) is 4.39 Å². The van der Waals surface area contributed by atoms with Gasteiger partial charge in [0.1, 0.15) is 23.1 Å². The zero-order chi connectivity index (χ0) is 35.6. The summed E-state index contributed by atoms with van der Waals surface area (Å²) in [6.45, 7) is 4.83. The van der Waals surface area contributed by atoms with Gasteiger partial charge in [-0.2, -0.15) is 5.10 Å². The number of imide groups is 1. The maximum absolute atomic E-state index is 15.7. The van der Waals surface area contributed by atoms with Crippen molar-refractivity contribution in [1.29, 1.82) is 0 Å². The van der Waals surface area contributed by atoms with E-state index in [4.69, 9.17) is 4.74 Å². The minimum Gasteiger partial charge on any atom is -0.496 e. The van der Waals surface area contributed by atoms with Gasteiger partial charge in [-0.05, 0) is 73.7 Å². The summed E-state index contributed by atoms with van der Waals surface area (Å²) in [5, 5.41) is 13.0. The number of aryl methyl sites for hydroxylation is 1. The highest BCUT2D eigenvalue weighted by atomic mass is 19.1. The number of hydrogen-bond acceptors (Lipinski definition) is 9. The molecular formula is C37H43FN8O5. The Morgan fingerprint density at radius 1 is 1.00 bits per heavy atom. The van der Waals surface area contributed by atoms with E-state index < -0.39 is 11.9 Å². The van der Waals surface area contributed by atoms with Gasteiger partial charge in [0.15, 0.2) is 0 Å². The molecule has 1 unspecified atom stereocenters. The average molecular weight is 699 g/mol. The molecule has 3 fully saturated rings. The first-order valence-electron chi connectivity index (χ1n) is 17.5. The third-order valence-corrected chi connectivity index (χ3v) is 10.5. The van der Waals surface area contributed by atoms with Crippen LogP contribution in [0.15, 0.2) is 53.6 Å². The molecule has 7 rings (SSSR count). The Hall–Kier alpha value is -5.08. The number of aromatic nitrogens is 3. The number of H-pyrrole nitrogens is 1. The van der Waals surface area contributed by atoms with Crippen molar-refractivity contribution >= 4 is 34.3 Å². The number of fused-ring (bicyclic) bond motifs is 1. The Bertz CT molecular complexity index is 1990. The Labute approximate surface area is 294 Å². The minimum absolute atomic E-state index is 0.118. The number of pyridine rings is 1. The van der Waals surface area contributed by atoms with E-state index in [1.165, 1.54) is 23.3 Å². The van der Waals surface area contributed by atoms with E-state index in [2.05, 4.69) is 42.8 Å². The van der Waals surface area contributed by atoms with Gasteiger partial charge in [-0.1, -0.05) is 12.1 Å². The fourth-order valence-electron chi connectivity index (χ4n) is 7.46. The maximum atomic E-state index is 15.7. The molecule has 268 valence electrons. The summed E-state index contributed by atoms with van der Waals surface area (Å²) in [5.74, 6) is 0.0519. The van der Waals surface area contributed by atoms with Crippen LogP contribution < -0.4 is 20.9 Å². The molecule has 0 spiro atoms. The lowest BCUT2D eigenvalue weighted by molar-refractivity contribution is -0.135. The van der Waals surface area contributed by atoms with Crippen LogP contribution in [0.2, 0.25) is 0 Å². The molecule has 3 aliphatic heterocycles. The van der Waals surface area contributed by atoms with Gasteiger partial charge < -0.3 is 19.5 Å². The largest absolute Gasteiger partial charge is 0.496 e. The van der Waals surface area contributed by atoms with Crippen molar-refractivity contribution in [3.8, 4) is 16.9 Å². The number of rotatable bonds is 9. The molecule has 3 N–H and O–H groups in total. The Balaban J connectivity index is 0.886. The highest BCUT2D eigenvalue weighted by Gasteiger charge is 2.29. The highest BCUT2D eigenvalue weighted by Crippen LogP contribution is 2.34. The summed E-state index contributed by atoms with van der Waals surface area (Å²) in [4.78, 5) is 55.5. The van der Waals surface area contributed by atoms with Crippen LogP contribution in [-0.2, 0) is 28.0 Å². The fourth-order valence-corrected chi connectivity index (χ4v) is 7.46. The van der Waals surface area contributed by atoms with Crippen molar-refractivity contribution < 1.29 is 23.5 Å². The molecule has 3 saturated heterocycles. The Kier molecular flexibility index (Phi) is 9.87. The molecule has 51 heavy (non-hydrogen) atoms. The lowest BCUT2D eigenvalue weighted by Gasteiger charge is -2.37. The third-order valence-electron chi connectivity index (χ3n) is 10.5. The SMILES string of the molecule is COc1cc(-c2cn(C)c(=O)c3[nH]ncc23)cc(F)c1CN1CCN(C(=O)CN2CCC(c3ccc(NC4CCC(=O)NC4=O)cc3)CC2)CC1. The molecule has 14 heteroatoms. The first-order valence-corrected chi connectivity index (χ1v) is 17.5. The smallest absolute Gasteiger partial charge is 0.276 e. The molecule has 2 aromatic heterocycles. The van der Waals surface area contributed by atoms with Crippen molar-refractivity contribution in [2.45, 2.75) is 44.2 Å². The number of nitrogens with one attached hydrogen (secondary N) is 3. The monoisotopic (exact) mass is 698 g/mol. The Morgan fingerprint density at radius 3 is 2.45 bits per heavy atom. The normalized spacial score (nSPS) is 19.4. The number of hydrogen-bond donors (Lipinski definition) is 3. The van der Waals surface area contributed by atoms with E-state index in [1.807, 2.05) is 17.0 Å². The predicted molar refractivity (Wildman–Crippen MR) is 190 cm³/mol. The first kappa shape index (κ1) is 34.4. The summed E-state index contributed by atoms with van der Waals surface area (Å²) in [7, 11) is 3.17. The topological polar surface area (TPSA) is 145 Å². The van der Waals surface area contributed by atoms with Crippen LogP contribution in [0.25, 0.3) is 22.0 Å². The van der Waals surface area contributed by atoms with E-state index in [-0.39, 0.29) is 23.3 Å². The molecular weight excluding hydrogens is 655 g/mol. The number of carbonyl (C=O) groups excluding carboxylic acids is 3. The molecule has 5 heterocycles. The zero-order valence-electron chi connectivity index (χ0n) is 28.9. The average Bonchev–Trinajstić information content (AvgIpc) is 3.63. The second-order valence-electron chi connectivity index (χ2n) is 13.7. The number of aromatic amines is 1. The Morgan fingerprint density at radius 2 is 1.75 bits per heavy atom. The number of ether oxygens (including phenoxy) is 1. The van der Waals surface area contributed by atoms with Gasteiger partial charge in [-0.15, -0.1) is 0 Å². The number of carbonyl (C=O) groups is 3. The molecule has 13 nitrogen and oxygen atoms in total. The number of methoxy groups -OCH3 is 1. The molecule has 0 aliphatic carbocycles. The predicted octanol–water partition coefficient (Wildman–Crippen LogP) is 2.82. The van der Waals surface area contributed by atoms with Crippen LogP contribution in [0, 0.1) is 5.82 Å². The lowest BCUT2D eigenvalue weighted by atomic mass is 9.89. The van der Waals surface area contributed by atoms with Crippen LogP contribution in [-0.4, -0.2) is 106 Å². The second-order valence-corrected chi connectivity index (χ2v) is 13.7.